The molecule has 1 aromatic heterocycles. The van der Waals surface area contributed by atoms with Gasteiger partial charge < -0.3 is 9.30 Å². The number of rotatable bonds is 14. The van der Waals surface area contributed by atoms with Gasteiger partial charge in [0.15, 0.2) is 0 Å². The number of benzene rings is 4. The molecule has 0 bridgehead atoms. The highest BCUT2D eigenvalue weighted by molar-refractivity contribution is 6.83. The van der Waals surface area contributed by atoms with E-state index in [1.54, 1.807) is 22.3 Å². The van der Waals surface area contributed by atoms with Crippen LogP contribution in [0.4, 0.5) is 0 Å². The molecule has 0 fully saturated rings. The maximum atomic E-state index is 6.11. The number of ether oxygens (including phenoxy) is 1. The highest BCUT2D eigenvalue weighted by Gasteiger charge is 2.53. The first-order chi connectivity index (χ1) is 24.1. The van der Waals surface area contributed by atoms with Crippen molar-refractivity contribution in [2.75, 3.05) is 6.61 Å². The summed E-state index contributed by atoms with van der Waals surface area (Å²) >= 11 is 0. The predicted octanol–water partition coefficient (Wildman–Crippen LogP) is 13.1. The largest absolute Gasteiger partial charge is 0.376 e. The van der Waals surface area contributed by atoms with Crippen LogP contribution in [-0.4, -0.2) is 24.8 Å². The highest BCUT2D eigenvalue weighted by Crippen LogP contribution is 2.60. The zero-order valence-corrected chi connectivity index (χ0v) is 32.9. The quantitative estimate of drug-likeness (QED) is 0.0840. The fourth-order valence-corrected chi connectivity index (χ4v) is 15.4. The molecule has 0 spiro atoms. The minimum atomic E-state index is -2.22. The lowest BCUT2D eigenvalue weighted by Gasteiger charge is -2.41. The zero-order chi connectivity index (χ0) is 35.0. The minimum Gasteiger partial charge on any atom is -0.376 e. The van der Waals surface area contributed by atoms with Crippen LogP contribution < -0.4 is 0 Å². The van der Waals surface area contributed by atoms with E-state index in [1.165, 1.54) is 102 Å². The molecule has 262 valence electrons. The molecule has 0 aliphatic heterocycles. The van der Waals surface area contributed by atoms with Crippen LogP contribution in [0.2, 0.25) is 12.6 Å². The first kappa shape index (κ1) is 35.0. The maximum absolute atomic E-state index is 6.11. The second kappa shape index (κ2) is 14.3. The van der Waals surface area contributed by atoms with Crippen LogP contribution >= 0.6 is 0 Å². The van der Waals surface area contributed by atoms with Crippen LogP contribution in [0.15, 0.2) is 84.9 Å². The lowest BCUT2D eigenvalue weighted by atomic mass is 10.00. The average Bonchev–Trinajstić information content (AvgIpc) is 3.71. The maximum Gasteiger partial charge on any atom is 0.0762 e. The molecule has 50 heavy (non-hydrogen) atoms. The third-order valence-electron chi connectivity index (χ3n) is 12.0. The minimum absolute atomic E-state index is 0.0615. The van der Waals surface area contributed by atoms with Gasteiger partial charge in [-0.25, -0.2) is 0 Å². The lowest BCUT2D eigenvalue weighted by Crippen LogP contribution is -2.45. The molecule has 0 amide bonds. The molecule has 4 aromatic carbocycles. The molecule has 3 heteroatoms. The van der Waals surface area contributed by atoms with Crippen molar-refractivity contribution in [3.63, 3.8) is 0 Å². The fourth-order valence-electron chi connectivity index (χ4n) is 9.68. The molecule has 0 N–H and O–H groups in total. The summed E-state index contributed by atoms with van der Waals surface area (Å²) in [6.07, 6.45) is 11.3. The standard InChI is InChI=1S/C47H59NOSi/c1-8-9-10-13-20-34-26-27-36-35-21-14-16-23-38(35)45(40(36)32-34)50(7,30-19-12-11-18-29-49-47(3,4)5)46-39-24-17-15-22-37(39)44-43(46)41-31-33(2)25-28-42(41)48(44)6/h14-17,21-28,31-32,45-46H,8-13,18-20,29-30H2,1-7H3. The van der Waals surface area contributed by atoms with Crippen LogP contribution in [0.3, 0.4) is 0 Å². The van der Waals surface area contributed by atoms with E-state index in [2.05, 4.69) is 138 Å². The van der Waals surface area contributed by atoms with Gasteiger partial charge in [-0.2, -0.15) is 0 Å². The molecule has 2 nitrogen and oxygen atoms in total. The van der Waals surface area contributed by atoms with Crippen LogP contribution in [0.1, 0.15) is 124 Å². The summed E-state index contributed by atoms with van der Waals surface area (Å²) in [5, 5.41) is 1.47. The van der Waals surface area contributed by atoms with E-state index < -0.39 is 8.07 Å². The topological polar surface area (TPSA) is 14.2 Å². The summed E-state index contributed by atoms with van der Waals surface area (Å²) in [5.74, 6) is 0. The Kier molecular flexibility index (Phi) is 10.0. The Morgan fingerprint density at radius 2 is 1.38 bits per heavy atom. The molecule has 0 saturated carbocycles. The molecule has 0 saturated heterocycles. The average molecular weight is 682 g/mol. The lowest BCUT2D eigenvalue weighted by molar-refractivity contribution is -0.00471. The third kappa shape index (κ3) is 6.45. The van der Waals surface area contributed by atoms with Gasteiger partial charge in [0, 0.05) is 41.2 Å². The number of aryl methyl sites for hydroxylation is 3. The van der Waals surface area contributed by atoms with Crippen molar-refractivity contribution in [3.8, 4) is 22.4 Å². The molecular weight excluding hydrogens is 623 g/mol. The van der Waals surface area contributed by atoms with Crippen molar-refractivity contribution in [1.82, 2.24) is 4.57 Å². The number of hydrogen-bond donors (Lipinski definition) is 0. The van der Waals surface area contributed by atoms with Gasteiger partial charge in [-0.15, -0.1) is 0 Å². The van der Waals surface area contributed by atoms with Crippen LogP contribution in [0.5, 0.6) is 0 Å². The van der Waals surface area contributed by atoms with E-state index in [0.29, 0.717) is 11.1 Å². The number of nitrogens with zero attached hydrogens (tertiary/aromatic N) is 1. The van der Waals surface area contributed by atoms with E-state index in [0.717, 1.165) is 13.0 Å². The van der Waals surface area contributed by atoms with Crippen molar-refractivity contribution in [1.29, 1.82) is 0 Å². The molecule has 3 unspecified atom stereocenters. The van der Waals surface area contributed by atoms with Crippen molar-refractivity contribution < 1.29 is 4.74 Å². The summed E-state index contributed by atoms with van der Waals surface area (Å²) in [6.45, 7) is 14.7. The smallest absolute Gasteiger partial charge is 0.0762 e. The molecule has 2 aliphatic rings. The Morgan fingerprint density at radius 1 is 0.700 bits per heavy atom. The first-order valence-electron chi connectivity index (χ1n) is 19.7. The normalized spacial score (nSPS) is 17.4. The van der Waals surface area contributed by atoms with Crippen molar-refractivity contribution in [3.05, 3.63) is 118 Å². The number of aromatic nitrogens is 1. The van der Waals surface area contributed by atoms with Crippen molar-refractivity contribution in [2.45, 2.75) is 122 Å². The van der Waals surface area contributed by atoms with Crippen molar-refractivity contribution >= 4 is 19.0 Å². The molecular formula is C47H59NOSi. The highest BCUT2D eigenvalue weighted by atomic mass is 28.3. The van der Waals surface area contributed by atoms with E-state index in [-0.39, 0.29) is 5.60 Å². The summed E-state index contributed by atoms with van der Waals surface area (Å²) in [6, 6.07) is 35.0. The van der Waals surface area contributed by atoms with Gasteiger partial charge in [0.1, 0.15) is 0 Å². The van der Waals surface area contributed by atoms with E-state index in [1.807, 2.05) is 0 Å². The van der Waals surface area contributed by atoms with Crippen LogP contribution in [0.25, 0.3) is 33.3 Å². The second-order valence-corrected chi connectivity index (χ2v) is 21.4. The number of unbranched alkanes of at least 4 members (excludes halogenated alkanes) is 6. The van der Waals surface area contributed by atoms with Gasteiger partial charge in [0.05, 0.1) is 19.4 Å². The molecule has 5 aromatic rings. The molecule has 1 heterocycles. The monoisotopic (exact) mass is 681 g/mol. The second-order valence-electron chi connectivity index (χ2n) is 16.7. The van der Waals surface area contributed by atoms with Gasteiger partial charge in [0.2, 0.25) is 0 Å². The van der Waals surface area contributed by atoms with Crippen LogP contribution in [-0.2, 0) is 18.2 Å². The fraction of sp³-hybridized carbons (Fsp3) is 0.447. The zero-order valence-electron chi connectivity index (χ0n) is 31.9. The first-order valence-corrected chi connectivity index (χ1v) is 22.5. The van der Waals surface area contributed by atoms with E-state index >= 15 is 0 Å². The Balaban J connectivity index is 1.35. The number of hydrogen-bond acceptors (Lipinski definition) is 1. The summed E-state index contributed by atoms with van der Waals surface area (Å²) in [7, 11) is 0.0854. The molecule has 3 atom stereocenters. The van der Waals surface area contributed by atoms with Gasteiger partial charge >= 0.3 is 0 Å². The van der Waals surface area contributed by atoms with Crippen LogP contribution in [0, 0.1) is 6.92 Å². The molecule has 7 rings (SSSR count). The third-order valence-corrected chi connectivity index (χ3v) is 17.3. The van der Waals surface area contributed by atoms with Gasteiger partial charge in [0.25, 0.3) is 0 Å². The van der Waals surface area contributed by atoms with Crippen molar-refractivity contribution in [2.24, 2.45) is 7.05 Å². The van der Waals surface area contributed by atoms with E-state index in [4.69, 9.17) is 4.74 Å². The summed E-state index contributed by atoms with van der Waals surface area (Å²) in [5.41, 5.74) is 17.3. The van der Waals surface area contributed by atoms with Gasteiger partial charge in [-0.05, 0) is 98.0 Å². The summed E-state index contributed by atoms with van der Waals surface area (Å²) < 4.78 is 8.62. The Hall–Kier alpha value is -3.40. The predicted molar refractivity (Wildman–Crippen MR) is 217 cm³/mol. The van der Waals surface area contributed by atoms with Gasteiger partial charge in [-0.1, -0.05) is 136 Å². The van der Waals surface area contributed by atoms with E-state index in [9.17, 15) is 0 Å². The SMILES string of the molecule is CCCCCCc1ccc2c(c1)C([Si](C)(CCCCCCOC(C)(C)C)C1c3ccccc3-c3c1c1cc(C)ccc1n3C)c1ccccc1-2. The Morgan fingerprint density at radius 3 is 2.14 bits per heavy atom. The summed E-state index contributed by atoms with van der Waals surface area (Å²) in [4.78, 5) is 0. The Bertz CT molecular complexity index is 1980. The number of fused-ring (bicyclic) bond motifs is 8. The molecule has 2 aliphatic carbocycles. The molecule has 0 radical (unpaired) electrons. The Labute approximate surface area is 303 Å². The van der Waals surface area contributed by atoms with Gasteiger partial charge in [-0.3, -0.25) is 0 Å².